The van der Waals surface area contributed by atoms with Gasteiger partial charge in [-0.1, -0.05) is 30.3 Å². The molecule has 0 saturated carbocycles. The van der Waals surface area contributed by atoms with Gasteiger partial charge < -0.3 is 9.32 Å². The van der Waals surface area contributed by atoms with Gasteiger partial charge in [-0.2, -0.15) is 13.2 Å². The summed E-state index contributed by atoms with van der Waals surface area (Å²) in [5, 5.41) is 0. The molecule has 2 aromatic rings. The van der Waals surface area contributed by atoms with Crippen molar-refractivity contribution in [1.29, 1.82) is 0 Å². The van der Waals surface area contributed by atoms with Gasteiger partial charge in [-0.05, 0) is 46.6 Å². The van der Waals surface area contributed by atoms with Crippen LogP contribution in [0.4, 0.5) is 13.2 Å². The molecule has 1 saturated heterocycles. The van der Waals surface area contributed by atoms with E-state index in [0.717, 1.165) is 10.5 Å². The highest BCUT2D eigenvalue weighted by atomic mass is 79.9. The largest absolute Gasteiger partial charge is 0.452 e. The monoisotopic (exact) mass is 444 g/mol. The minimum Gasteiger partial charge on any atom is -0.452 e. The number of nitrogens with zero attached hydrogens (tertiary/aromatic N) is 2. The van der Waals surface area contributed by atoms with Gasteiger partial charge >= 0.3 is 6.18 Å². The molecule has 27 heavy (non-hydrogen) atoms. The highest BCUT2D eigenvalue weighted by Gasteiger charge is 2.63. The molecule has 1 unspecified atom stereocenters. The van der Waals surface area contributed by atoms with E-state index >= 15 is 0 Å². The molecule has 0 radical (unpaired) electrons. The van der Waals surface area contributed by atoms with Crippen LogP contribution >= 0.6 is 15.9 Å². The van der Waals surface area contributed by atoms with E-state index in [1.807, 2.05) is 30.3 Å². The first-order chi connectivity index (χ1) is 12.7. The molecule has 2 heterocycles. The molecule has 4 nitrogen and oxygen atoms in total. The minimum absolute atomic E-state index is 0.0129. The number of rotatable bonds is 5. The number of amides is 1. The molecule has 8 heteroatoms. The Kier molecular flexibility index (Phi) is 5.67. The molecule has 146 valence electrons. The summed E-state index contributed by atoms with van der Waals surface area (Å²) in [6.07, 6.45) is -4.86. The molecule has 1 aromatic heterocycles. The number of hydrogen-bond acceptors (Lipinski definition) is 3. The summed E-state index contributed by atoms with van der Waals surface area (Å²) in [6.45, 7) is 0.262. The normalized spacial score (nSPS) is 20.8. The van der Waals surface area contributed by atoms with Crippen LogP contribution in [0.25, 0.3) is 0 Å². The zero-order valence-corrected chi connectivity index (χ0v) is 16.4. The third-order valence-corrected chi connectivity index (χ3v) is 5.34. The van der Waals surface area contributed by atoms with Gasteiger partial charge in [0, 0.05) is 20.1 Å². The van der Waals surface area contributed by atoms with E-state index in [-0.39, 0.29) is 26.1 Å². The van der Waals surface area contributed by atoms with Crippen LogP contribution < -0.4 is 0 Å². The van der Waals surface area contributed by atoms with Gasteiger partial charge in [0.25, 0.3) is 0 Å². The standard InChI is InChI=1S/C19H20BrF3N2O2/c1-24(12-15-7-8-16(20)27-15)17(26)18(19(21,22)23)9-10-25(13-18)11-14-5-3-2-4-6-14/h2-8H,9-13H2,1H3. The lowest BCUT2D eigenvalue weighted by molar-refractivity contribution is -0.223. The second-order valence-corrected chi connectivity index (χ2v) is 7.67. The molecule has 1 aliphatic heterocycles. The average Bonchev–Trinajstić information content (AvgIpc) is 3.22. The van der Waals surface area contributed by atoms with Crippen LogP contribution in [0, 0.1) is 5.41 Å². The lowest BCUT2D eigenvalue weighted by Crippen LogP contribution is -2.52. The fourth-order valence-electron chi connectivity index (χ4n) is 3.50. The molecule has 1 atom stereocenters. The third kappa shape index (κ3) is 4.21. The van der Waals surface area contributed by atoms with Crippen molar-refractivity contribution in [2.45, 2.75) is 25.7 Å². The molecular formula is C19H20BrF3N2O2. The van der Waals surface area contributed by atoms with Gasteiger partial charge in [0.2, 0.25) is 5.91 Å². The number of alkyl halides is 3. The summed E-state index contributed by atoms with van der Waals surface area (Å²) in [7, 11) is 1.38. The summed E-state index contributed by atoms with van der Waals surface area (Å²) >= 11 is 3.15. The van der Waals surface area contributed by atoms with Crippen molar-refractivity contribution in [3.05, 3.63) is 58.5 Å². The topological polar surface area (TPSA) is 36.7 Å². The average molecular weight is 445 g/mol. The Hall–Kier alpha value is -1.80. The number of benzene rings is 1. The summed E-state index contributed by atoms with van der Waals surface area (Å²) in [6, 6.07) is 12.6. The Bertz CT molecular complexity index is 794. The van der Waals surface area contributed by atoms with E-state index in [4.69, 9.17) is 4.42 Å². The predicted octanol–water partition coefficient (Wildman–Crippen LogP) is 4.46. The molecule has 1 fully saturated rings. The van der Waals surface area contributed by atoms with Crippen molar-refractivity contribution in [3.63, 3.8) is 0 Å². The number of halogens is 4. The Morgan fingerprint density at radius 1 is 1.26 bits per heavy atom. The molecule has 1 aromatic carbocycles. The van der Waals surface area contributed by atoms with Crippen molar-refractivity contribution in [1.82, 2.24) is 9.80 Å². The van der Waals surface area contributed by atoms with Crippen LogP contribution in [-0.4, -0.2) is 42.0 Å². The zero-order valence-electron chi connectivity index (χ0n) is 14.8. The quantitative estimate of drug-likeness (QED) is 0.683. The summed E-state index contributed by atoms with van der Waals surface area (Å²) in [4.78, 5) is 15.6. The number of furan rings is 1. The van der Waals surface area contributed by atoms with Crippen molar-refractivity contribution < 1.29 is 22.4 Å². The van der Waals surface area contributed by atoms with Crippen LogP contribution in [0.5, 0.6) is 0 Å². The van der Waals surface area contributed by atoms with Crippen molar-refractivity contribution in [2.24, 2.45) is 5.41 Å². The molecule has 0 N–H and O–H groups in total. The van der Waals surface area contributed by atoms with Gasteiger partial charge in [0.05, 0.1) is 6.54 Å². The lowest BCUT2D eigenvalue weighted by Gasteiger charge is -2.34. The fraction of sp³-hybridized carbons (Fsp3) is 0.421. The maximum Gasteiger partial charge on any atom is 0.404 e. The number of likely N-dealkylation sites (tertiary alicyclic amines) is 1. The Labute approximate surface area is 164 Å². The number of carbonyl (C=O) groups excluding carboxylic acids is 1. The fourth-order valence-corrected chi connectivity index (χ4v) is 3.84. The minimum atomic E-state index is -4.62. The second kappa shape index (κ2) is 7.67. The third-order valence-electron chi connectivity index (χ3n) is 4.92. The number of hydrogen-bond donors (Lipinski definition) is 0. The maximum absolute atomic E-state index is 14.0. The SMILES string of the molecule is CN(Cc1ccc(Br)o1)C(=O)C1(C(F)(F)F)CCN(Cc2ccccc2)C1. The first kappa shape index (κ1) is 19.9. The Morgan fingerprint density at radius 2 is 1.96 bits per heavy atom. The smallest absolute Gasteiger partial charge is 0.404 e. The van der Waals surface area contributed by atoms with E-state index in [9.17, 15) is 18.0 Å². The summed E-state index contributed by atoms with van der Waals surface area (Å²) in [5.41, 5.74) is -1.46. The Balaban J connectivity index is 1.76. The maximum atomic E-state index is 14.0. The van der Waals surface area contributed by atoms with E-state index in [0.29, 0.717) is 17.0 Å². The van der Waals surface area contributed by atoms with Crippen molar-refractivity contribution in [3.8, 4) is 0 Å². The lowest BCUT2D eigenvalue weighted by atomic mass is 9.84. The van der Waals surface area contributed by atoms with Gasteiger partial charge in [0.1, 0.15) is 5.76 Å². The van der Waals surface area contributed by atoms with Gasteiger partial charge in [-0.25, -0.2) is 0 Å². The predicted molar refractivity (Wildman–Crippen MR) is 97.7 cm³/mol. The van der Waals surface area contributed by atoms with Crippen LogP contribution in [0.3, 0.4) is 0 Å². The van der Waals surface area contributed by atoms with Crippen molar-refractivity contribution >= 4 is 21.8 Å². The summed E-state index contributed by atoms with van der Waals surface area (Å²) in [5.74, 6) is -0.493. The van der Waals surface area contributed by atoms with E-state index in [2.05, 4.69) is 15.9 Å². The molecular weight excluding hydrogens is 425 g/mol. The molecule has 0 aliphatic carbocycles. The first-order valence-corrected chi connectivity index (χ1v) is 9.33. The van der Waals surface area contributed by atoms with Crippen molar-refractivity contribution in [2.75, 3.05) is 20.1 Å². The molecule has 1 amide bonds. The van der Waals surface area contributed by atoms with Gasteiger partial charge in [-0.15, -0.1) is 0 Å². The van der Waals surface area contributed by atoms with Crippen LogP contribution in [0.15, 0.2) is 51.6 Å². The summed E-state index contributed by atoms with van der Waals surface area (Å²) < 4.78 is 47.7. The highest BCUT2D eigenvalue weighted by Crippen LogP contribution is 2.47. The first-order valence-electron chi connectivity index (χ1n) is 8.54. The van der Waals surface area contributed by atoms with Crippen LogP contribution in [0.1, 0.15) is 17.7 Å². The van der Waals surface area contributed by atoms with E-state index in [1.165, 1.54) is 7.05 Å². The van der Waals surface area contributed by atoms with E-state index < -0.39 is 17.5 Å². The van der Waals surface area contributed by atoms with Crippen LogP contribution in [-0.2, 0) is 17.9 Å². The zero-order chi connectivity index (χ0) is 19.7. The Morgan fingerprint density at radius 3 is 2.56 bits per heavy atom. The molecule has 0 bridgehead atoms. The van der Waals surface area contributed by atoms with Gasteiger partial charge in [-0.3, -0.25) is 9.69 Å². The van der Waals surface area contributed by atoms with Crippen LogP contribution in [0.2, 0.25) is 0 Å². The molecule has 0 spiro atoms. The highest BCUT2D eigenvalue weighted by molar-refractivity contribution is 9.10. The second-order valence-electron chi connectivity index (χ2n) is 6.89. The molecule has 1 aliphatic rings. The van der Waals surface area contributed by atoms with E-state index in [1.54, 1.807) is 17.0 Å². The van der Waals surface area contributed by atoms with Gasteiger partial charge in [0.15, 0.2) is 10.1 Å². The molecule has 3 rings (SSSR count). The number of carbonyl (C=O) groups is 1.